The second-order valence-electron chi connectivity index (χ2n) is 9.82. The first-order chi connectivity index (χ1) is 18.1. The van der Waals surface area contributed by atoms with E-state index in [1.54, 1.807) is 14.2 Å². The highest BCUT2D eigenvalue weighted by Crippen LogP contribution is 2.35. The number of anilines is 1. The lowest BCUT2D eigenvalue weighted by atomic mass is 9.94. The average molecular weight is 521 g/mol. The van der Waals surface area contributed by atoms with Crippen molar-refractivity contribution < 1.29 is 14.3 Å². The number of thioether (sulfide) groups is 1. The van der Waals surface area contributed by atoms with E-state index >= 15 is 0 Å². The molecule has 1 atom stereocenters. The van der Waals surface area contributed by atoms with Crippen molar-refractivity contribution in [2.75, 3.05) is 25.7 Å². The van der Waals surface area contributed by atoms with E-state index < -0.39 is 0 Å². The van der Waals surface area contributed by atoms with Crippen molar-refractivity contribution in [2.45, 2.75) is 69.6 Å². The van der Waals surface area contributed by atoms with Crippen LogP contribution >= 0.6 is 11.8 Å². The van der Waals surface area contributed by atoms with Gasteiger partial charge in [0.1, 0.15) is 5.84 Å². The van der Waals surface area contributed by atoms with Gasteiger partial charge in [0, 0.05) is 17.8 Å². The van der Waals surface area contributed by atoms with Crippen molar-refractivity contribution >= 4 is 34.2 Å². The van der Waals surface area contributed by atoms with E-state index in [2.05, 4.69) is 46.6 Å². The molecule has 0 spiro atoms. The number of amides is 1. The average Bonchev–Trinajstić information content (AvgIpc) is 2.95. The van der Waals surface area contributed by atoms with E-state index in [9.17, 15) is 4.79 Å². The van der Waals surface area contributed by atoms with Crippen LogP contribution in [0.4, 0.5) is 10.5 Å². The highest BCUT2D eigenvalue weighted by molar-refractivity contribution is 8.14. The molecule has 0 radical (unpaired) electrons. The lowest BCUT2D eigenvalue weighted by molar-refractivity contribution is 0.260. The standard InChI is InChI=1S/C29H36N4O3S/c1-4-26-27(31-32-29(34)37-26)20-12-14-23-19(17-20)9-8-16-33(23)28(30-22-10-6-5-7-11-22)21-13-15-24(35-2)25(18-21)36-3/h12-15,17-18,22,26H,4-11,16H2,1-3H3,(H,32,34). The Kier molecular flexibility index (Phi) is 8.03. The summed E-state index contributed by atoms with van der Waals surface area (Å²) in [6, 6.07) is 13.1. The Bertz CT molecular complexity index is 1210. The number of aryl methyl sites for hydroxylation is 1. The Hall–Kier alpha value is -3.00. The maximum atomic E-state index is 11.9. The normalized spacial score (nSPS) is 20.7. The Morgan fingerprint density at radius 2 is 1.89 bits per heavy atom. The van der Waals surface area contributed by atoms with E-state index in [0.29, 0.717) is 11.8 Å². The number of aliphatic imine (C=N–C) groups is 1. The number of methoxy groups -OCH3 is 2. The minimum absolute atomic E-state index is 0.0710. The molecule has 1 unspecified atom stereocenters. The second-order valence-corrected chi connectivity index (χ2v) is 11.0. The zero-order valence-electron chi connectivity index (χ0n) is 22.0. The molecule has 5 rings (SSSR count). The minimum Gasteiger partial charge on any atom is -0.493 e. The highest BCUT2D eigenvalue weighted by atomic mass is 32.2. The number of hydrazone groups is 1. The number of nitrogens with one attached hydrogen (secondary N) is 1. The molecule has 37 heavy (non-hydrogen) atoms. The van der Waals surface area contributed by atoms with Gasteiger partial charge in [-0.05, 0) is 73.6 Å². The molecule has 196 valence electrons. The smallest absolute Gasteiger partial charge is 0.299 e. The van der Waals surface area contributed by atoms with E-state index in [-0.39, 0.29) is 10.5 Å². The Labute approximate surface area is 223 Å². The van der Waals surface area contributed by atoms with Gasteiger partial charge in [-0.3, -0.25) is 9.79 Å². The van der Waals surface area contributed by atoms with Gasteiger partial charge in [-0.15, -0.1) is 0 Å². The van der Waals surface area contributed by atoms with Crippen LogP contribution in [0.2, 0.25) is 0 Å². The zero-order valence-corrected chi connectivity index (χ0v) is 22.8. The number of rotatable bonds is 6. The molecule has 3 aliphatic rings. The second kappa shape index (κ2) is 11.6. The Morgan fingerprint density at radius 1 is 1.08 bits per heavy atom. The maximum Gasteiger partial charge on any atom is 0.299 e. The largest absolute Gasteiger partial charge is 0.493 e. The number of carbonyl (C=O) groups excluding carboxylic acids is 1. The first-order valence-corrected chi connectivity index (χ1v) is 14.2. The van der Waals surface area contributed by atoms with E-state index in [0.717, 1.165) is 67.1 Å². The van der Waals surface area contributed by atoms with Crippen LogP contribution in [0.3, 0.4) is 0 Å². The number of hydrogen-bond acceptors (Lipinski definition) is 6. The first kappa shape index (κ1) is 25.6. The van der Waals surface area contributed by atoms with Gasteiger partial charge in [0.05, 0.1) is 31.2 Å². The fourth-order valence-electron chi connectivity index (χ4n) is 5.55. The van der Waals surface area contributed by atoms with E-state index in [4.69, 9.17) is 14.5 Å². The molecule has 2 aromatic carbocycles. The van der Waals surface area contributed by atoms with Gasteiger partial charge in [0.2, 0.25) is 0 Å². The van der Waals surface area contributed by atoms with Crippen molar-refractivity contribution in [3.63, 3.8) is 0 Å². The molecule has 1 N–H and O–H groups in total. The molecule has 2 heterocycles. The van der Waals surface area contributed by atoms with E-state index in [1.807, 2.05) is 12.1 Å². The molecule has 0 bridgehead atoms. The van der Waals surface area contributed by atoms with Gasteiger partial charge in [-0.2, -0.15) is 5.10 Å². The van der Waals surface area contributed by atoms with Crippen LogP contribution in [-0.2, 0) is 6.42 Å². The quantitative estimate of drug-likeness (QED) is 0.364. The summed E-state index contributed by atoms with van der Waals surface area (Å²) in [6.45, 7) is 3.01. The lowest BCUT2D eigenvalue weighted by Gasteiger charge is -2.34. The maximum absolute atomic E-state index is 11.9. The van der Waals surface area contributed by atoms with Crippen LogP contribution in [0.5, 0.6) is 11.5 Å². The molecular weight excluding hydrogens is 484 g/mol. The number of carbonyl (C=O) groups is 1. The van der Waals surface area contributed by atoms with Gasteiger partial charge in [0.25, 0.3) is 5.24 Å². The van der Waals surface area contributed by atoms with Crippen molar-refractivity contribution in [1.82, 2.24) is 5.43 Å². The molecule has 1 amide bonds. The Balaban J connectivity index is 1.54. The van der Waals surface area contributed by atoms with Crippen LogP contribution in [0, 0.1) is 0 Å². The molecule has 1 aliphatic carbocycles. The molecular formula is C29H36N4O3S. The van der Waals surface area contributed by atoms with Crippen LogP contribution < -0.4 is 19.8 Å². The van der Waals surface area contributed by atoms with Crippen LogP contribution in [0.1, 0.15) is 68.6 Å². The minimum atomic E-state index is -0.0850. The van der Waals surface area contributed by atoms with E-state index in [1.165, 1.54) is 42.3 Å². The number of ether oxygens (including phenoxy) is 2. The van der Waals surface area contributed by atoms with Gasteiger partial charge in [-0.1, -0.05) is 44.0 Å². The molecule has 0 aromatic heterocycles. The number of benzene rings is 2. The van der Waals surface area contributed by atoms with Gasteiger partial charge in [0.15, 0.2) is 11.5 Å². The van der Waals surface area contributed by atoms with Crippen LogP contribution in [0.15, 0.2) is 46.5 Å². The molecule has 7 nitrogen and oxygen atoms in total. The lowest BCUT2D eigenvalue weighted by Crippen LogP contribution is -2.37. The molecule has 0 saturated heterocycles. The van der Waals surface area contributed by atoms with Crippen LogP contribution in [0.25, 0.3) is 0 Å². The first-order valence-electron chi connectivity index (χ1n) is 13.4. The topological polar surface area (TPSA) is 75.5 Å². The molecule has 2 aliphatic heterocycles. The number of hydrogen-bond donors (Lipinski definition) is 1. The predicted octanol–water partition coefficient (Wildman–Crippen LogP) is 6.18. The summed E-state index contributed by atoms with van der Waals surface area (Å²) < 4.78 is 11.1. The predicted molar refractivity (Wildman–Crippen MR) is 152 cm³/mol. The SMILES string of the molecule is CCC1SC(=O)NN=C1c1ccc2c(c1)CCCN2C(=NC1CCCCC1)c1ccc(OC)c(OC)c1. The summed E-state index contributed by atoms with van der Waals surface area (Å²) in [5.74, 6) is 2.44. The summed E-state index contributed by atoms with van der Waals surface area (Å²) in [4.78, 5) is 19.6. The third kappa shape index (κ3) is 5.49. The fourth-order valence-corrected chi connectivity index (χ4v) is 6.38. The fraction of sp³-hybridized carbons (Fsp3) is 0.483. The van der Waals surface area contributed by atoms with Crippen molar-refractivity contribution in [2.24, 2.45) is 10.1 Å². The molecule has 2 aromatic rings. The summed E-state index contributed by atoms with van der Waals surface area (Å²) in [5, 5.41) is 4.42. The van der Waals surface area contributed by atoms with Gasteiger partial charge < -0.3 is 14.4 Å². The molecule has 1 saturated carbocycles. The van der Waals surface area contributed by atoms with Crippen molar-refractivity contribution in [3.8, 4) is 11.5 Å². The molecule has 8 heteroatoms. The van der Waals surface area contributed by atoms with Crippen molar-refractivity contribution in [3.05, 3.63) is 53.1 Å². The Morgan fingerprint density at radius 3 is 2.65 bits per heavy atom. The van der Waals surface area contributed by atoms with Gasteiger partial charge >= 0.3 is 0 Å². The third-order valence-corrected chi connectivity index (χ3v) is 8.61. The summed E-state index contributed by atoms with van der Waals surface area (Å²) in [7, 11) is 3.34. The van der Waals surface area contributed by atoms with Crippen LogP contribution in [-0.4, -0.2) is 48.8 Å². The van der Waals surface area contributed by atoms with Crippen molar-refractivity contribution in [1.29, 1.82) is 0 Å². The summed E-state index contributed by atoms with van der Waals surface area (Å²) in [6.07, 6.45) is 8.96. The monoisotopic (exact) mass is 520 g/mol. The number of fused-ring (bicyclic) bond motifs is 1. The molecule has 1 fully saturated rings. The summed E-state index contributed by atoms with van der Waals surface area (Å²) in [5.41, 5.74) is 8.21. The third-order valence-electron chi connectivity index (χ3n) is 7.46. The number of nitrogens with zero attached hydrogens (tertiary/aromatic N) is 3. The summed E-state index contributed by atoms with van der Waals surface area (Å²) >= 11 is 1.32. The zero-order chi connectivity index (χ0) is 25.8. The van der Waals surface area contributed by atoms with Gasteiger partial charge in [-0.25, -0.2) is 5.43 Å². The highest BCUT2D eigenvalue weighted by Gasteiger charge is 2.28. The number of amidine groups is 1.